The molecule has 4 N–H and O–H groups in total. The van der Waals surface area contributed by atoms with Crippen molar-refractivity contribution in [3.05, 3.63) is 82.1 Å². The Balaban J connectivity index is 1.45. The third-order valence-electron chi connectivity index (χ3n) is 6.61. The molecule has 0 aliphatic heterocycles. The molecule has 11 nitrogen and oxygen atoms in total. The van der Waals surface area contributed by atoms with E-state index in [1.165, 1.54) is 6.20 Å². The van der Waals surface area contributed by atoms with Gasteiger partial charge >= 0.3 is 6.03 Å². The number of urea groups is 1. The van der Waals surface area contributed by atoms with Crippen LogP contribution in [0.15, 0.2) is 60.8 Å². The van der Waals surface area contributed by atoms with E-state index in [1.54, 1.807) is 47.1 Å². The van der Waals surface area contributed by atoms with Crippen LogP contribution >= 0.6 is 23.2 Å². The average molecular weight is 655 g/mol. The lowest BCUT2D eigenvalue weighted by Gasteiger charge is -2.14. The molecule has 2 aromatic heterocycles. The molecule has 4 rings (SSSR count). The van der Waals surface area contributed by atoms with E-state index in [0.29, 0.717) is 29.5 Å². The summed E-state index contributed by atoms with van der Waals surface area (Å²) in [5, 5.41) is 22.6. The molecular formula is C32H37Cl2N7O4. The van der Waals surface area contributed by atoms with Crippen LogP contribution in [0.5, 0.6) is 11.5 Å². The lowest BCUT2D eigenvalue weighted by atomic mass is 9.92. The maximum absolute atomic E-state index is 13.1. The van der Waals surface area contributed by atoms with Crippen molar-refractivity contribution in [2.45, 2.75) is 45.6 Å². The second-order valence-corrected chi connectivity index (χ2v) is 12.4. The summed E-state index contributed by atoms with van der Waals surface area (Å²) in [6, 6.07) is 14.8. The Morgan fingerprint density at radius 3 is 2.38 bits per heavy atom. The highest BCUT2D eigenvalue weighted by atomic mass is 35.5. The number of carbonyl (C=O) groups is 2. The second-order valence-electron chi connectivity index (χ2n) is 11.7. The van der Waals surface area contributed by atoms with Gasteiger partial charge in [0.1, 0.15) is 28.2 Å². The average Bonchev–Trinajstić information content (AvgIpc) is 3.41. The summed E-state index contributed by atoms with van der Waals surface area (Å²) in [4.78, 5) is 31.6. The molecule has 0 fully saturated rings. The van der Waals surface area contributed by atoms with Crippen LogP contribution < -0.4 is 20.7 Å². The van der Waals surface area contributed by atoms with E-state index >= 15 is 0 Å². The molecule has 238 valence electrons. The Morgan fingerprint density at radius 1 is 0.978 bits per heavy atom. The third kappa shape index (κ3) is 9.18. The first-order valence-corrected chi connectivity index (χ1v) is 15.0. The van der Waals surface area contributed by atoms with Gasteiger partial charge in [-0.25, -0.2) is 14.5 Å². The van der Waals surface area contributed by atoms with E-state index in [0.717, 1.165) is 24.2 Å². The number of hydrogen-bond acceptors (Lipinski definition) is 7. The summed E-state index contributed by atoms with van der Waals surface area (Å²) in [5.41, 5.74) is 2.23. The lowest BCUT2D eigenvalue weighted by Crippen LogP contribution is -2.21. The zero-order valence-electron chi connectivity index (χ0n) is 25.8. The first-order chi connectivity index (χ1) is 21.3. The third-order valence-corrected chi connectivity index (χ3v) is 7.48. The Bertz CT molecular complexity index is 1650. The number of anilines is 3. The van der Waals surface area contributed by atoms with Crippen molar-refractivity contribution in [1.82, 2.24) is 19.7 Å². The highest BCUT2D eigenvalue weighted by molar-refractivity contribution is 6.45. The monoisotopic (exact) mass is 653 g/mol. The minimum absolute atomic E-state index is 0.0768. The molecule has 0 unspecified atom stereocenters. The number of amides is 3. The first kappa shape index (κ1) is 33.7. The standard InChI is InChI=1S/C32H37Cl2N7O4/c1-32(2,3)25-18-27(41(39-25)21-10-8-20(19-42)9-11-21)38-31(44)36-23-12-13-24(30(34)29(23)33)45-22-14-15-35-26(17-22)37-28(43)7-6-16-40(4)5/h8-15,17-18,42H,6-7,16,19H2,1-5H3,(H,35,37,43)(H2,36,38,44). The number of hydrogen-bond donors (Lipinski definition) is 4. The van der Waals surface area contributed by atoms with Crippen LogP contribution in [0.1, 0.15) is 44.9 Å². The maximum Gasteiger partial charge on any atom is 0.324 e. The predicted molar refractivity (Wildman–Crippen MR) is 178 cm³/mol. The highest BCUT2D eigenvalue weighted by Gasteiger charge is 2.22. The van der Waals surface area contributed by atoms with E-state index in [9.17, 15) is 14.7 Å². The Kier molecular flexibility index (Phi) is 11.1. The van der Waals surface area contributed by atoms with E-state index in [4.69, 9.17) is 33.0 Å². The van der Waals surface area contributed by atoms with Crippen LogP contribution in [-0.4, -0.2) is 57.3 Å². The fraction of sp³-hybridized carbons (Fsp3) is 0.312. The van der Waals surface area contributed by atoms with Gasteiger partial charge in [-0.3, -0.25) is 10.1 Å². The van der Waals surface area contributed by atoms with Gasteiger partial charge in [0, 0.05) is 30.2 Å². The summed E-state index contributed by atoms with van der Waals surface area (Å²) in [7, 11) is 3.91. The fourth-order valence-corrected chi connectivity index (χ4v) is 4.59. The van der Waals surface area contributed by atoms with E-state index in [1.807, 2.05) is 51.9 Å². The SMILES string of the molecule is CN(C)CCCC(=O)Nc1cc(Oc2ccc(NC(=O)Nc3cc(C(C)(C)C)nn3-c3ccc(CO)cc3)c(Cl)c2Cl)ccn1. The topological polar surface area (TPSA) is 134 Å². The number of benzene rings is 2. The van der Waals surface area contributed by atoms with Crippen molar-refractivity contribution in [2.75, 3.05) is 36.6 Å². The molecule has 4 aromatic rings. The number of halogens is 2. The minimum Gasteiger partial charge on any atom is -0.456 e. The number of rotatable bonds is 11. The van der Waals surface area contributed by atoms with Gasteiger partial charge in [0.2, 0.25) is 5.91 Å². The lowest BCUT2D eigenvalue weighted by molar-refractivity contribution is -0.116. The number of aliphatic hydroxyl groups is 1. The quantitative estimate of drug-likeness (QED) is 0.136. The van der Waals surface area contributed by atoms with E-state index in [-0.39, 0.29) is 39.4 Å². The maximum atomic E-state index is 13.1. The first-order valence-electron chi connectivity index (χ1n) is 14.3. The Hall–Kier alpha value is -4.16. The Morgan fingerprint density at radius 2 is 1.71 bits per heavy atom. The zero-order valence-corrected chi connectivity index (χ0v) is 27.3. The molecule has 0 atom stereocenters. The molecule has 0 saturated heterocycles. The smallest absolute Gasteiger partial charge is 0.324 e. The van der Waals surface area contributed by atoms with Gasteiger partial charge in [0.15, 0.2) is 0 Å². The van der Waals surface area contributed by atoms with Crippen molar-refractivity contribution in [1.29, 1.82) is 0 Å². The van der Waals surface area contributed by atoms with Crippen LogP contribution in [0.4, 0.5) is 22.1 Å². The molecule has 2 aromatic carbocycles. The molecule has 13 heteroatoms. The van der Waals surface area contributed by atoms with Gasteiger partial charge in [-0.15, -0.1) is 0 Å². The van der Waals surface area contributed by atoms with Crippen molar-refractivity contribution >= 4 is 52.5 Å². The van der Waals surface area contributed by atoms with Gasteiger partial charge in [-0.05, 0) is 63.0 Å². The van der Waals surface area contributed by atoms with Crippen molar-refractivity contribution in [2.24, 2.45) is 0 Å². The molecule has 2 heterocycles. The molecular weight excluding hydrogens is 617 g/mol. The summed E-state index contributed by atoms with van der Waals surface area (Å²) >= 11 is 13.1. The number of ether oxygens (including phenoxy) is 1. The van der Waals surface area contributed by atoms with Gasteiger partial charge in [0.25, 0.3) is 0 Å². The van der Waals surface area contributed by atoms with Gasteiger partial charge in [-0.1, -0.05) is 56.1 Å². The summed E-state index contributed by atoms with van der Waals surface area (Å²) in [5.74, 6) is 1.28. The van der Waals surface area contributed by atoms with E-state index < -0.39 is 6.03 Å². The van der Waals surface area contributed by atoms with Crippen molar-refractivity contribution in [3.63, 3.8) is 0 Å². The van der Waals surface area contributed by atoms with Crippen LogP contribution in [0, 0.1) is 0 Å². The van der Waals surface area contributed by atoms with Gasteiger partial charge in [0.05, 0.1) is 28.7 Å². The molecule has 45 heavy (non-hydrogen) atoms. The predicted octanol–water partition coefficient (Wildman–Crippen LogP) is 7.08. The minimum atomic E-state index is -0.560. The number of carbonyl (C=O) groups excluding carboxylic acids is 2. The molecule has 0 aliphatic carbocycles. The highest BCUT2D eigenvalue weighted by Crippen LogP contribution is 2.40. The number of aliphatic hydroxyl groups excluding tert-OH is 1. The normalized spacial score (nSPS) is 11.4. The Labute approximate surface area is 272 Å². The molecule has 0 saturated carbocycles. The van der Waals surface area contributed by atoms with Crippen LogP contribution in [-0.2, 0) is 16.8 Å². The summed E-state index contributed by atoms with van der Waals surface area (Å²) in [6.07, 6.45) is 2.60. The molecule has 0 aliphatic rings. The fourth-order valence-electron chi connectivity index (χ4n) is 4.18. The van der Waals surface area contributed by atoms with Gasteiger partial charge in [-0.2, -0.15) is 5.10 Å². The van der Waals surface area contributed by atoms with Crippen molar-refractivity contribution < 1.29 is 19.4 Å². The van der Waals surface area contributed by atoms with Crippen LogP contribution in [0.2, 0.25) is 10.0 Å². The second kappa shape index (κ2) is 14.7. The van der Waals surface area contributed by atoms with Crippen LogP contribution in [0.3, 0.4) is 0 Å². The summed E-state index contributed by atoms with van der Waals surface area (Å²) < 4.78 is 7.55. The largest absolute Gasteiger partial charge is 0.456 e. The molecule has 0 spiro atoms. The molecule has 0 bridgehead atoms. The summed E-state index contributed by atoms with van der Waals surface area (Å²) in [6.45, 7) is 6.81. The number of nitrogens with zero attached hydrogens (tertiary/aromatic N) is 4. The number of aromatic nitrogens is 3. The zero-order chi connectivity index (χ0) is 32.7. The van der Waals surface area contributed by atoms with Gasteiger partial charge < -0.3 is 25.4 Å². The molecule has 0 radical (unpaired) electrons. The van der Waals surface area contributed by atoms with Crippen LogP contribution in [0.25, 0.3) is 5.69 Å². The number of nitrogens with one attached hydrogen (secondary N) is 3. The van der Waals surface area contributed by atoms with E-state index in [2.05, 4.69) is 20.9 Å². The molecule has 3 amide bonds. The number of pyridine rings is 1. The van der Waals surface area contributed by atoms with Crippen molar-refractivity contribution in [3.8, 4) is 17.2 Å².